The highest BCUT2D eigenvalue weighted by Gasteiger charge is 2.12. The van der Waals surface area contributed by atoms with Crippen molar-refractivity contribution in [1.82, 2.24) is 0 Å². The minimum atomic E-state index is -0.727. The largest absolute Gasteiger partial charge is 0.386 e. The molecule has 0 bridgehead atoms. The normalized spacial score (nSPS) is 16.1. The SMILES string of the molecule is C=CCC/C(C)=C/CC[C@](C)(O)C=C. The van der Waals surface area contributed by atoms with Gasteiger partial charge in [0.25, 0.3) is 0 Å². The molecule has 1 heteroatoms. The maximum absolute atomic E-state index is 9.65. The molecule has 0 unspecified atom stereocenters. The van der Waals surface area contributed by atoms with E-state index in [0.717, 1.165) is 25.7 Å². The zero-order valence-corrected chi connectivity index (χ0v) is 9.42. The fourth-order valence-corrected chi connectivity index (χ4v) is 1.14. The van der Waals surface area contributed by atoms with Crippen molar-refractivity contribution in [2.75, 3.05) is 0 Å². The lowest BCUT2D eigenvalue weighted by Crippen LogP contribution is -2.19. The molecule has 1 atom stereocenters. The monoisotopic (exact) mass is 194 g/mol. The van der Waals surface area contributed by atoms with Crippen LogP contribution in [0.2, 0.25) is 0 Å². The molecule has 0 aromatic rings. The van der Waals surface area contributed by atoms with Crippen LogP contribution in [-0.2, 0) is 0 Å². The minimum absolute atomic E-state index is 0.727. The standard InChI is InChI=1S/C13H22O/c1-5-7-9-12(3)10-8-11-13(4,14)6-2/h5-6,10,14H,1-2,7-9,11H2,3-4H3/b12-10+/t13-/m1/s1. The molecule has 0 aliphatic heterocycles. The van der Waals surface area contributed by atoms with E-state index in [1.165, 1.54) is 5.57 Å². The van der Waals surface area contributed by atoms with Gasteiger partial charge in [-0.2, -0.15) is 0 Å². The molecular formula is C13H22O. The van der Waals surface area contributed by atoms with Crippen LogP contribution in [0.15, 0.2) is 37.0 Å². The number of hydrogen-bond acceptors (Lipinski definition) is 1. The lowest BCUT2D eigenvalue weighted by atomic mass is 9.99. The van der Waals surface area contributed by atoms with Gasteiger partial charge in [-0.1, -0.05) is 23.8 Å². The van der Waals surface area contributed by atoms with Crippen molar-refractivity contribution < 1.29 is 5.11 Å². The quantitative estimate of drug-likeness (QED) is 0.614. The first-order chi connectivity index (χ1) is 6.52. The van der Waals surface area contributed by atoms with Gasteiger partial charge in [-0.15, -0.1) is 13.2 Å². The van der Waals surface area contributed by atoms with E-state index >= 15 is 0 Å². The third kappa shape index (κ3) is 6.67. The topological polar surface area (TPSA) is 20.2 Å². The molecule has 1 nitrogen and oxygen atoms in total. The van der Waals surface area contributed by atoms with Crippen molar-refractivity contribution in [3.63, 3.8) is 0 Å². The van der Waals surface area contributed by atoms with E-state index in [0.29, 0.717) is 0 Å². The molecule has 0 saturated carbocycles. The average Bonchev–Trinajstić information content (AvgIpc) is 2.14. The van der Waals surface area contributed by atoms with Gasteiger partial charge in [0.15, 0.2) is 0 Å². The lowest BCUT2D eigenvalue weighted by Gasteiger charge is -2.16. The second kappa shape index (κ2) is 6.61. The lowest BCUT2D eigenvalue weighted by molar-refractivity contribution is 0.103. The van der Waals surface area contributed by atoms with Crippen molar-refractivity contribution in [3.8, 4) is 0 Å². The summed E-state index contributed by atoms with van der Waals surface area (Å²) in [6.07, 6.45) is 9.45. The first-order valence-corrected chi connectivity index (χ1v) is 5.14. The van der Waals surface area contributed by atoms with E-state index in [-0.39, 0.29) is 0 Å². The van der Waals surface area contributed by atoms with E-state index in [4.69, 9.17) is 0 Å². The van der Waals surface area contributed by atoms with Crippen LogP contribution in [0.5, 0.6) is 0 Å². The minimum Gasteiger partial charge on any atom is -0.386 e. The summed E-state index contributed by atoms with van der Waals surface area (Å²) >= 11 is 0. The van der Waals surface area contributed by atoms with Crippen molar-refractivity contribution in [2.45, 2.75) is 45.1 Å². The van der Waals surface area contributed by atoms with Crippen LogP contribution in [-0.4, -0.2) is 10.7 Å². The molecule has 0 radical (unpaired) electrons. The smallest absolute Gasteiger partial charge is 0.0800 e. The zero-order valence-electron chi connectivity index (χ0n) is 9.42. The summed E-state index contributed by atoms with van der Waals surface area (Å²) in [6.45, 7) is 11.2. The first-order valence-electron chi connectivity index (χ1n) is 5.14. The number of allylic oxidation sites excluding steroid dienone is 3. The van der Waals surface area contributed by atoms with Gasteiger partial charge in [-0.3, -0.25) is 0 Å². The summed E-state index contributed by atoms with van der Waals surface area (Å²) in [5, 5.41) is 9.65. The molecule has 0 fully saturated rings. The van der Waals surface area contributed by atoms with Gasteiger partial charge in [0.2, 0.25) is 0 Å². The van der Waals surface area contributed by atoms with E-state index in [1.807, 2.05) is 6.08 Å². The summed E-state index contributed by atoms with van der Waals surface area (Å²) in [5.74, 6) is 0. The molecule has 0 aliphatic rings. The van der Waals surface area contributed by atoms with Crippen molar-refractivity contribution in [3.05, 3.63) is 37.0 Å². The Morgan fingerprint density at radius 2 is 2.00 bits per heavy atom. The van der Waals surface area contributed by atoms with Crippen LogP contribution in [0.25, 0.3) is 0 Å². The van der Waals surface area contributed by atoms with Gasteiger partial charge in [0.1, 0.15) is 0 Å². The third-order valence-corrected chi connectivity index (χ3v) is 2.33. The van der Waals surface area contributed by atoms with Gasteiger partial charge >= 0.3 is 0 Å². The third-order valence-electron chi connectivity index (χ3n) is 2.33. The molecule has 0 aromatic carbocycles. The fourth-order valence-electron chi connectivity index (χ4n) is 1.14. The molecule has 0 amide bonds. The summed E-state index contributed by atoms with van der Waals surface area (Å²) < 4.78 is 0. The Morgan fingerprint density at radius 3 is 2.50 bits per heavy atom. The van der Waals surface area contributed by atoms with Gasteiger partial charge in [-0.25, -0.2) is 0 Å². The summed E-state index contributed by atoms with van der Waals surface area (Å²) in [7, 11) is 0. The molecule has 0 saturated heterocycles. The number of hydrogen-bond donors (Lipinski definition) is 1. The van der Waals surface area contributed by atoms with Crippen molar-refractivity contribution in [1.29, 1.82) is 0 Å². The molecule has 14 heavy (non-hydrogen) atoms. The average molecular weight is 194 g/mol. The van der Waals surface area contributed by atoms with Crippen LogP contribution in [0.4, 0.5) is 0 Å². The summed E-state index contributed by atoms with van der Waals surface area (Å²) in [4.78, 5) is 0. The predicted molar refractivity (Wildman–Crippen MR) is 63.2 cm³/mol. The van der Waals surface area contributed by atoms with Gasteiger partial charge in [0.05, 0.1) is 5.60 Å². The van der Waals surface area contributed by atoms with Crippen LogP contribution < -0.4 is 0 Å². The maximum atomic E-state index is 9.65. The molecular weight excluding hydrogens is 172 g/mol. The van der Waals surface area contributed by atoms with Gasteiger partial charge in [0, 0.05) is 0 Å². The Labute approximate surface area is 87.8 Å². The van der Waals surface area contributed by atoms with Crippen molar-refractivity contribution in [2.24, 2.45) is 0 Å². The summed E-state index contributed by atoms with van der Waals surface area (Å²) in [5.41, 5.74) is 0.639. The van der Waals surface area contributed by atoms with E-state index < -0.39 is 5.60 Å². The molecule has 0 spiro atoms. The highest BCUT2D eigenvalue weighted by atomic mass is 16.3. The molecule has 80 valence electrons. The van der Waals surface area contributed by atoms with Gasteiger partial charge < -0.3 is 5.11 Å². The second-order valence-corrected chi connectivity index (χ2v) is 3.98. The summed E-state index contributed by atoms with van der Waals surface area (Å²) in [6, 6.07) is 0. The highest BCUT2D eigenvalue weighted by Crippen LogP contribution is 2.15. The van der Waals surface area contributed by atoms with E-state index in [2.05, 4.69) is 26.2 Å². The first kappa shape index (κ1) is 13.2. The molecule has 0 heterocycles. The molecule has 0 rings (SSSR count). The fraction of sp³-hybridized carbons (Fsp3) is 0.538. The Hall–Kier alpha value is -0.820. The highest BCUT2D eigenvalue weighted by molar-refractivity contribution is 5.01. The van der Waals surface area contributed by atoms with Crippen LogP contribution in [0.1, 0.15) is 39.5 Å². The zero-order chi connectivity index (χ0) is 11.0. The van der Waals surface area contributed by atoms with E-state index in [1.54, 1.807) is 13.0 Å². The van der Waals surface area contributed by atoms with Gasteiger partial charge in [-0.05, 0) is 39.5 Å². The van der Waals surface area contributed by atoms with Crippen LogP contribution >= 0.6 is 0 Å². The van der Waals surface area contributed by atoms with Crippen LogP contribution in [0.3, 0.4) is 0 Å². The van der Waals surface area contributed by atoms with E-state index in [9.17, 15) is 5.11 Å². The Kier molecular flexibility index (Phi) is 6.22. The van der Waals surface area contributed by atoms with Crippen molar-refractivity contribution >= 4 is 0 Å². The number of rotatable bonds is 7. The molecule has 0 aliphatic carbocycles. The second-order valence-electron chi connectivity index (χ2n) is 3.98. The Morgan fingerprint density at radius 1 is 1.36 bits per heavy atom. The number of aliphatic hydroxyl groups is 1. The Bertz CT molecular complexity index is 211. The predicted octanol–water partition coefficient (Wildman–Crippen LogP) is 3.62. The maximum Gasteiger partial charge on any atom is 0.0800 e. The molecule has 0 aromatic heterocycles. The van der Waals surface area contributed by atoms with Crippen LogP contribution in [0, 0.1) is 0 Å². The molecule has 1 N–H and O–H groups in total. The Balaban J connectivity index is 3.80.